The van der Waals surface area contributed by atoms with Crippen molar-refractivity contribution in [3.63, 3.8) is 0 Å². The van der Waals surface area contributed by atoms with E-state index in [2.05, 4.69) is 93.7 Å². The van der Waals surface area contributed by atoms with Gasteiger partial charge in [-0.05, 0) is 70.6 Å². The Morgan fingerprint density at radius 2 is 0.534 bits per heavy atom. The van der Waals surface area contributed by atoms with Crippen molar-refractivity contribution in [3.05, 3.63) is 72.9 Å². The van der Waals surface area contributed by atoms with Gasteiger partial charge in [-0.1, -0.05) is 299 Å². The molecular formula is C67H118O6. The molecule has 1 unspecified atom stereocenters. The van der Waals surface area contributed by atoms with Gasteiger partial charge < -0.3 is 14.2 Å². The Hall–Kier alpha value is -3.15. The number of unbranched alkanes of at least 4 members (excludes halogenated alkanes) is 34. The zero-order valence-electron chi connectivity index (χ0n) is 48.4. The molecule has 6 heteroatoms. The van der Waals surface area contributed by atoms with Gasteiger partial charge in [0.1, 0.15) is 13.2 Å². The van der Waals surface area contributed by atoms with Gasteiger partial charge in [-0.3, -0.25) is 14.4 Å². The average Bonchev–Trinajstić information content (AvgIpc) is 3.39. The van der Waals surface area contributed by atoms with E-state index in [9.17, 15) is 14.4 Å². The van der Waals surface area contributed by atoms with E-state index in [1.165, 1.54) is 167 Å². The van der Waals surface area contributed by atoms with Gasteiger partial charge in [0.05, 0.1) is 0 Å². The Kier molecular flexibility index (Phi) is 58.7. The molecule has 0 N–H and O–H groups in total. The molecule has 0 amide bonds. The lowest BCUT2D eigenvalue weighted by molar-refractivity contribution is -0.167. The minimum Gasteiger partial charge on any atom is -0.462 e. The summed E-state index contributed by atoms with van der Waals surface area (Å²) in [4.78, 5) is 38.1. The second-order valence-corrected chi connectivity index (χ2v) is 21.0. The summed E-state index contributed by atoms with van der Waals surface area (Å²) < 4.78 is 16.8. The molecule has 0 saturated carbocycles. The minimum atomic E-state index is -0.786. The summed E-state index contributed by atoms with van der Waals surface area (Å²) in [6.07, 6.45) is 79.3. The van der Waals surface area contributed by atoms with Crippen LogP contribution in [0.15, 0.2) is 72.9 Å². The van der Waals surface area contributed by atoms with Crippen molar-refractivity contribution in [1.29, 1.82) is 0 Å². The molecule has 0 aromatic rings. The number of rotatable bonds is 57. The third-order valence-electron chi connectivity index (χ3n) is 13.7. The van der Waals surface area contributed by atoms with Crippen molar-refractivity contribution in [3.8, 4) is 0 Å². The zero-order chi connectivity index (χ0) is 52.9. The summed E-state index contributed by atoms with van der Waals surface area (Å²) in [7, 11) is 0. The summed E-state index contributed by atoms with van der Waals surface area (Å²) in [5, 5.41) is 0. The highest BCUT2D eigenvalue weighted by molar-refractivity contribution is 5.71. The molecule has 0 aromatic carbocycles. The van der Waals surface area contributed by atoms with Crippen LogP contribution in [0.3, 0.4) is 0 Å². The summed E-state index contributed by atoms with van der Waals surface area (Å²) >= 11 is 0. The first-order valence-electron chi connectivity index (χ1n) is 31.4. The van der Waals surface area contributed by atoms with Crippen molar-refractivity contribution >= 4 is 17.9 Å². The standard InChI is InChI=1S/C67H118O6/c1-4-7-10-13-16-19-21-23-25-27-29-31-33-35-36-38-40-42-44-46-48-51-54-57-60-66(69)72-63-64(62-71-65(68)59-56-53-50-18-15-12-9-6-3)73-67(70)61-58-55-52-49-47-45-43-41-39-37-34-32-30-28-26-24-22-20-17-14-11-8-5-2/h8,11,17,20,24,26,30,32,37,39,43,45,64H,4-7,9-10,12-16,18-19,21-23,25,27-29,31,33-36,38,40-42,44,46-63H2,1-3H3/b11-8-,20-17-,26-24-,32-30-,39-37-,45-43-. The fourth-order valence-electron chi connectivity index (χ4n) is 9.04. The van der Waals surface area contributed by atoms with Crippen LogP contribution >= 0.6 is 0 Å². The van der Waals surface area contributed by atoms with Crippen molar-refractivity contribution in [2.75, 3.05) is 13.2 Å². The first kappa shape index (κ1) is 69.8. The van der Waals surface area contributed by atoms with Crippen LogP contribution in [0.2, 0.25) is 0 Å². The first-order valence-corrected chi connectivity index (χ1v) is 31.4. The normalized spacial score (nSPS) is 12.5. The Morgan fingerprint density at radius 1 is 0.288 bits per heavy atom. The number of esters is 3. The Morgan fingerprint density at radius 3 is 0.836 bits per heavy atom. The highest BCUT2D eigenvalue weighted by Gasteiger charge is 2.19. The van der Waals surface area contributed by atoms with Gasteiger partial charge in [-0.2, -0.15) is 0 Å². The molecule has 0 aliphatic heterocycles. The first-order chi connectivity index (χ1) is 36.0. The SMILES string of the molecule is CC/C=C\C/C=C\C/C=C\C/C=C\C/C=C\C/C=C\CCCCCCC(=O)OC(COC(=O)CCCCCCCCCC)COC(=O)CCCCCCCCCCCCCCCCCCCCCCCCCC. The molecule has 1 atom stereocenters. The van der Waals surface area contributed by atoms with Crippen LogP contribution in [0.4, 0.5) is 0 Å². The maximum atomic E-state index is 12.9. The van der Waals surface area contributed by atoms with Crippen molar-refractivity contribution < 1.29 is 28.6 Å². The number of hydrogen-bond acceptors (Lipinski definition) is 6. The fourth-order valence-corrected chi connectivity index (χ4v) is 9.04. The molecule has 0 spiro atoms. The average molecular weight is 1020 g/mol. The van der Waals surface area contributed by atoms with Gasteiger partial charge in [0.2, 0.25) is 0 Å². The molecule has 0 rings (SSSR count). The number of carbonyl (C=O) groups is 3. The molecule has 0 heterocycles. The smallest absolute Gasteiger partial charge is 0.306 e. The molecule has 73 heavy (non-hydrogen) atoms. The van der Waals surface area contributed by atoms with E-state index < -0.39 is 6.10 Å². The Balaban J connectivity index is 4.21. The van der Waals surface area contributed by atoms with Crippen molar-refractivity contribution in [2.45, 2.75) is 322 Å². The van der Waals surface area contributed by atoms with Gasteiger partial charge in [-0.25, -0.2) is 0 Å². The molecule has 0 bridgehead atoms. The summed E-state index contributed by atoms with van der Waals surface area (Å²) in [6.45, 7) is 6.51. The predicted molar refractivity (Wildman–Crippen MR) is 316 cm³/mol. The van der Waals surface area contributed by atoms with Gasteiger partial charge in [0.15, 0.2) is 6.10 Å². The minimum absolute atomic E-state index is 0.0824. The van der Waals surface area contributed by atoms with Crippen LogP contribution in [0.25, 0.3) is 0 Å². The van der Waals surface area contributed by atoms with Gasteiger partial charge in [0, 0.05) is 19.3 Å². The molecule has 422 valence electrons. The summed E-state index contributed by atoms with van der Waals surface area (Å²) in [5.74, 6) is -0.898. The maximum Gasteiger partial charge on any atom is 0.306 e. The van der Waals surface area contributed by atoms with Crippen molar-refractivity contribution in [1.82, 2.24) is 0 Å². The third kappa shape index (κ3) is 59.6. The molecular weight excluding hydrogens is 901 g/mol. The lowest BCUT2D eigenvalue weighted by Gasteiger charge is -2.18. The molecule has 0 aliphatic rings. The van der Waals surface area contributed by atoms with E-state index in [4.69, 9.17) is 14.2 Å². The summed E-state index contributed by atoms with van der Waals surface area (Å²) in [5.41, 5.74) is 0. The quantitative estimate of drug-likeness (QED) is 0.0261. The lowest BCUT2D eigenvalue weighted by atomic mass is 10.0. The monoisotopic (exact) mass is 1020 g/mol. The molecule has 0 fully saturated rings. The summed E-state index contributed by atoms with van der Waals surface area (Å²) in [6, 6.07) is 0. The van der Waals surface area contributed by atoms with E-state index in [0.29, 0.717) is 19.3 Å². The zero-order valence-corrected chi connectivity index (χ0v) is 48.4. The van der Waals surface area contributed by atoms with Gasteiger partial charge in [-0.15, -0.1) is 0 Å². The number of hydrogen-bond donors (Lipinski definition) is 0. The largest absolute Gasteiger partial charge is 0.462 e. The molecule has 0 aromatic heterocycles. The second-order valence-electron chi connectivity index (χ2n) is 21.0. The maximum absolute atomic E-state index is 12.9. The van der Waals surface area contributed by atoms with Crippen LogP contribution in [-0.4, -0.2) is 37.2 Å². The van der Waals surface area contributed by atoms with Crippen LogP contribution in [-0.2, 0) is 28.6 Å². The van der Waals surface area contributed by atoms with E-state index in [0.717, 1.165) is 109 Å². The van der Waals surface area contributed by atoms with E-state index in [-0.39, 0.29) is 31.1 Å². The van der Waals surface area contributed by atoms with Crippen LogP contribution in [0.5, 0.6) is 0 Å². The predicted octanol–water partition coefficient (Wildman–Crippen LogP) is 21.3. The molecule has 6 nitrogen and oxygen atoms in total. The highest BCUT2D eigenvalue weighted by atomic mass is 16.6. The van der Waals surface area contributed by atoms with Gasteiger partial charge >= 0.3 is 17.9 Å². The molecule has 0 radical (unpaired) electrons. The Bertz CT molecular complexity index is 1360. The van der Waals surface area contributed by atoms with Gasteiger partial charge in [0.25, 0.3) is 0 Å². The number of ether oxygens (including phenoxy) is 3. The van der Waals surface area contributed by atoms with E-state index in [1.54, 1.807) is 0 Å². The number of allylic oxidation sites excluding steroid dienone is 12. The van der Waals surface area contributed by atoms with Crippen LogP contribution in [0, 0.1) is 0 Å². The van der Waals surface area contributed by atoms with Crippen LogP contribution in [0.1, 0.15) is 316 Å². The number of carbonyl (C=O) groups excluding carboxylic acids is 3. The molecule has 0 saturated heterocycles. The highest BCUT2D eigenvalue weighted by Crippen LogP contribution is 2.17. The van der Waals surface area contributed by atoms with E-state index >= 15 is 0 Å². The van der Waals surface area contributed by atoms with Crippen molar-refractivity contribution in [2.24, 2.45) is 0 Å². The second kappa shape index (κ2) is 61.4. The fraction of sp³-hybridized carbons (Fsp3) is 0.776. The third-order valence-corrected chi connectivity index (χ3v) is 13.7. The molecule has 0 aliphatic carbocycles. The van der Waals surface area contributed by atoms with E-state index in [1.807, 2.05) is 0 Å². The Labute approximate surface area is 453 Å². The topological polar surface area (TPSA) is 78.9 Å². The van der Waals surface area contributed by atoms with Crippen LogP contribution < -0.4 is 0 Å². The lowest BCUT2D eigenvalue weighted by Crippen LogP contribution is -2.30.